The number of rotatable bonds is 7. The maximum atomic E-state index is 12.5. The van der Waals surface area contributed by atoms with Gasteiger partial charge in [0.05, 0.1) is 0 Å². The van der Waals surface area contributed by atoms with Crippen LogP contribution in [0.2, 0.25) is 5.02 Å². The Bertz CT molecular complexity index is 808. The van der Waals surface area contributed by atoms with Gasteiger partial charge in [-0.05, 0) is 81.1 Å². The molecule has 1 heterocycles. The van der Waals surface area contributed by atoms with Gasteiger partial charge >= 0.3 is 0 Å². The van der Waals surface area contributed by atoms with Crippen LogP contribution >= 0.6 is 11.6 Å². The molecule has 1 fully saturated rings. The Morgan fingerprint density at radius 3 is 2.46 bits per heavy atom. The number of benzene rings is 2. The maximum Gasteiger partial charge on any atom is 0.261 e. The molecule has 28 heavy (non-hydrogen) atoms. The smallest absolute Gasteiger partial charge is 0.261 e. The molecule has 4 nitrogen and oxygen atoms in total. The van der Waals surface area contributed by atoms with Crippen LogP contribution in [0.15, 0.2) is 36.4 Å². The number of ether oxygens (including phenoxy) is 1. The highest BCUT2D eigenvalue weighted by molar-refractivity contribution is 6.32. The third kappa shape index (κ3) is 5.49. The predicted octanol–water partition coefficient (Wildman–Crippen LogP) is 4.64. The van der Waals surface area contributed by atoms with Crippen LogP contribution in [-0.4, -0.2) is 30.0 Å². The molecule has 2 aromatic rings. The number of nitrogens with one attached hydrogen (secondary N) is 1. The van der Waals surface area contributed by atoms with Crippen molar-refractivity contribution in [3.05, 3.63) is 63.7 Å². The first-order valence-electron chi connectivity index (χ1n) is 9.93. The Morgan fingerprint density at radius 2 is 1.79 bits per heavy atom. The van der Waals surface area contributed by atoms with Gasteiger partial charge in [0.15, 0.2) is 6.10 Å². The van der Waals surface area contributed by atoms with Crippen LogP contribution in [0.1, 0.15) is 42.0 Å². The van der Waals surface area contributed by atoms with Crippen molar-refractivity contribution < 1.29 is 9.53 Å². The average Bonchev–Trinajstić information content (AvgIpc) is 3.17. The predicted molar refractivity (Wildman–Crippen MR) is 114 cm³/mol. The lowest BCUT2D eigenvalue weighted by Gasteiger charge is -2.17. The second-order valence-corrected chi connectivity index (χ2v) is 8.03. The SMILES string of the molecule is Cc1cc(O[C@H](C)C(=O)NCc2cccc(CN3CCCC3)c2)cc(C)c1Cl. The number of halogens is 1. The number of hydrogen-bond acceptors (Lipinski definition) is 3. The molecule has 0 spiro atoms. The third-order valence-electron chi connectivity index (χ3n) is 5.16. The number of amides is 1. The summed E-state index contributed by atoms with van der Waals surface area (Å²) < 4.78 is 5.82. The zero-order chi connectivity index (χ0) is 20.1. The Kier molecular flexibility index (Phi) is 6.97. The van der Waals surface area contributed by atoms with E-state index in [9.17, 15) is 4.79 Å². The van der Waals surface area contributed by atoms with Crippen LogP contribution in [0.25, 0.3) is 0 Å². The van der Waals surface area contributed by atoms with Crippen molar-refractivity contribution in [2.75, 3.05) is 13.1 Å². The zero-order valence-corrected chi connectivity index (χ0v) is 17.7. The van der Waals surface area contributed by atoms with Crippen LogP contribution in [-0.2, 0) is 17.9 Å². The van der Waals surface area contributed by atoms with Crippen LogP contribution < -0.4 is 10.1 Å². The summed E-state index contributed by atoms with van der Waals surface area (Å²) in [5.41, 5.74) is 4.29. The Labute approximate surface area is 172 Å². The quantitative estimate of drug-likeness (QED) is 0.736. The van der Waals surface area contributed by atoms with Crippen molar-refractivity contribution in [3.63, 3.8) is 0 Å². The van der Waals surface area contributed by atoms with Gasteiger partial charge in [0, 0.05) is 18.1 Å². The molecule has 5 heteroatoms. The molecule has 0 aromatic heterocycles. The van der Waals surface area contributed by atoms with E-state index in [1.54, 1.807) is 6.92 Å². The van der Waals surface area contributed by atoms with Gasteiger partial charge in [-0.25, -0.2) is 0 Å². The lowest BCUT2D eigenvalue weighted by Crippen LogP contribution is -2.36. The van der Waals surface area contributed by atoms with Crippen molar-refractivity contribution in [2.24, 2.45) is 0 Å². The van der Waals surface area contributed by atoms with Gasteiger partial charge in [0.2, 0.25) is 0 Å². The molecule has 1 atom stereocenters. The molecule has 0 bridgehead atoms. The fourth-order valence-corrected chi connectivity index (χ4v) is 3.71. The van der Waals surface area contributed by atoms with Gasteiger partial charge in [-0.1, -0.05) is 35.9 Å². The highest BCUT2D eigenvalue weighted by Gasteiger charge is 2.16. The van der Waals surface area contributed by atoms with Crippen molar-refractivity contribution in [1.29, 1.82) is 0 Å². The van der Waals surface area contributed by atoms with Crippen LogP contribution in [0, 0.1) is 13.8 Å². The first-order valence-corrected chi connectivity index (χ1v) is 10.3. The molecule has 2 aromatic carbocycles. The van der Waals surface area contributed by atoms with Crippen molar-refractivity contribution in [1.82, 2.24) is 10.2 Å². The normalized spacial score (nSPS) is 15.4. The highest BCUT2D eigenvalue weighted by Crippen LogP contribution is 2.26. The summed E-state index contributed by atoms with van der Waals surface area (Å²) in [5.74, 6) is 0.532. The minimum absolute atomic E-state index is 0.129. The second kappa shape index (κ2) is 9.44. The molecular weight excluding hydrogens is 372 g/mol. The minimum Gasteiger partial charge on any atom is -0.481 e. The van der Waals surface area contributed by atoms with E-state index in [0.29, 0.717) is 12.3 Å². The van der Waals surface area contributed by atoms with Crippen molar-refractivity contribution in [3.8, 4) is 5.75 Å². The topological polar surface area (TPSA) is 41.6 Å². The number of nitrogens with zero attached hydrogens (tertiary/aromatic N) is 1. The largest absolute Gasteiger partial charge is 0.481 e. The first kappa shape index (κ1) is 20.7. The van der Waals surface area contributed by atoms with Gasteiger partial charge in [0.25, 0.3) is 5.91 Å². The summed E-state index contributed by atoms with van der Waals surface area (Å²) >= 11 is 6.19. The molecule has 0 aliphatic carbocycles. The Hall–Kier alpha value is -2.04. The fraction of sp³-hybridized carbons (Fsp3) is 0.435. The third-order valence-corrected chi connectivity index (χ3v) is 5.75. The lowest BCUT2D eigenvalue weighted by molar-refractivity contribution is -0.127. The molecule has 3 rings (SSSR count). The van der Waals surface area contributed by atoms with E-state index in [1.165, 1.54) is 31.5 Å². The molecule has 0 unspecified atom stereocenters. The number of aryl methyl sites for hydroxylation is 2. The number of hydrogen-bond donors (Lipinski definition) is 1. The van der Waals surface area contributed by atoms with Crippen molar-refractivity contribution >= 4 is 17.5 Å². The van der Waals surface area contributed by atoms with E-state index in [1.807, 2.05) is 32.0 Å². The van der Waals surface area contributed by atoms with E-state index in [-0.39, 0.29) is 5.91 Å². The Balaban J connectivity index is 1.53. The minimum atomic E-state index is -0.576. The summed E-state index contributed by atoms with van der Waals surface area (Å²) in [6.45, 7) is 9.47. The van der Waals surface area contributed by atoms with Gasteiger partial charge in [-0.15, -0.1) is 0 Å². The fourth-order valence-electron chi connectivity index (χ4n) is 3.60. The number of carbonyl (C=O) groups is 1. The number of likely N-dealkylation sites (tertiary alicyclic amines) is 1. The van der Waals surface area contributed by atoms with Gasteiger partial charge < -0.3 is 10.1 Å². The summed E-state index contributed by atoms with van der Waals surface area (Å²) in [6, 6.07) is 12.2. The van der Waals surface area contributed by atoms with E-state index < -0.39 is 6.10 Å². The molecule has 0 radical (unpaired) electrons. The average molecular weight is 401 g/mol. The lowest BCUT2D eigenvalue weighted by atomic mass is 10.1. The molecule has 0 saturated carbocycles. The zero-order valence-electron chi connectivity index (χ0n) is 16.9. The van der Waals surface area contributed by atoms with Crippen LogP contribution in [0.3, 0.4) is 0 Å². The molecule has 1 aliphatic rings. The Morgan fingerprint density at radius 1 is 1.14 bits per heavy atom. The van der Waals surface area contributed by atoms with Crippen LogP contribution in [0.5, 0.6) is 5.75 Å². The van der Waals surface area contributed by atoms with Gasteiger partial charge in [0.1, 0.15) is 5.75 Å². The molecule has 150 valence electrons. The summed E-state index contributed by atoms with van der Waals surface area (Å²) in [6.07, 6.45) is 2.01. The second-order valence-electron chi connectivity index (χ2n) is 7.65. The first-order chi connectivity index (χ1) is 13.4. The molecular formula is C23H29ClN2O2. The molecule has 1 aliphatic heterocycles. The maximum absolute atomic E-state index is 12.5. The van der Waals surface area contributed by atoms with E-state index in [4.69, 9.17) is 16.3 Å². The summed E-state index contributed by atoms with van der Waals surface area (Å²) in [7, 11) is 0. The van der Waals surface area contributed by atoms with Gasteiger partial charge in [-0.2, -0.15) is 0 Å². The van der Waals surface area contributed by atoms with Gasteiger partial charge in [-0.3, -0.25) is 9.69 Å². The summed E-state index contributed by atoms with van der Waals surface area (Å²) in [4.78, 5) is 14.9. The number of carbonyl (C=O) groups excluding carboxylic acids is 1. The molecule has 1 amide bonds. The summed E-state index contributed by atoms with van der Waals surface area (Å²) in [5, 5.41) is 3.71. The highest BCUT2D eigenvalue weighted by atomic mass is 35.5. The van der Waals surface area contributed by atoms with E-state index in [0.717, 1.165) is 28.3 Å². The molecule has 1 saturated heterocycles. The molecule has 1 N–H and O–H groups in total. The van der Waals surface area contributed by atoms with E-state index in [2.05, 4.69) is 28.4 Å². The monoisotopic (exact) mass is 400 g/mol. The van der Waals surface area contributed by atoms with E-state index >= 15 is 0 Å². The van der Waals surface area contributed by atoms with Crippen molar-refractivity contribution in [2.45, 2.75) is 52.8 Å². The van der Waals surface area contributed by atoms with Crippen LogP contribution in [0.4, 0.5) is 0 Å². The standard InChI is InChI=1S/C23H29ClN2O2/c1-16-11-21(12-17(2)22(16)24)28-18(3)23(27)25-14-19-7-6-8-20(13-19)15-26-9-4-5-10-26/h6-8,11-13,18H,4-5,9-10,14-15H2,1-3H3,(H,25,27)/t18-/m1/s1.